The zero-order chi connectivity index (χ0) is 17.7. The molecule has 2 rings (SSSR count). The molecular weight excluding hydrogens is 344 g/mol. The van der Waals surface area contributed by atoms with E-state index >= 15 is 0 Å². The first-order chi connectivity index (χ1) is 11.4. The summed E-state index contributed by atoms with van der Waals surface area (Å²) >= 11 is 0. The van der Waals surface area contributed by atoms with Crippen LogP contribution in [0, 0.1) is 0 Å². The Morgan fingerprint density at radius 1 is 1.00 bits per heavy atom. The lowest BCUT2D eigenvalue weighted by molar-refractivity contribution is 0.208. The fourth-order valence-corrected chi connectivity index (χ4v) is 1.99. The molecule has 0 radical (unpaired) electrons. The van der Waals surface area contributed by atoms with Crippen LogP contribution in [0.2, 0.25) is 0 Å². The number of nitrogens with zero attached hydrogens (tertiary/aromatic N) is 4. The van der Waals surface area contributed by atoms with Crippen molar-refractivity contribution in [2.75, 3.05) is 48.5 Å². The molecule has 9 nitrogen and oxygen atoms in total. The molecule has 0 saturated carbocycles. The third-order valence-electron chi connectivity index (χ3n) is 3.12. The molecule has 0 fully saturated rings. The van der Waals surface area contributed by atoms with Crippen LogP contribution in [0.25, 0.3) is 11.0 Å². The van der Waals surface area contributed by atoms with Gasteiger partial charge >= 0.3 is 0 Å². The molecule has 0 aliphatic heterocycles. The molecule has 0 spiro atoms. The van der Waals surface area contributed by atoms with Gasteiger partial charge in [-0.15, -0.1) is 12.4 Å². The Labute approximate surface area is 153 Å². The Morgan fingerprint density at radius 3 is 1.88 bits per heavy atom. The van der Waals surface area contributed by atoms with Crippen molar-refractivity contribution in [1.82, 2.24) is 19.9 Å². The smallest absolute Gasteiger partial charge is 0.225 e. The monoisotopic (exact) mass is 368 g/mol. The number of aromatic nitrogens is 4. The molecule has 0 amide bonds. The van der Waals surface area contributed by atoms with Crippen LogP contribution in [0.3, 0.4) is 0 Å². The number of aliphatic hydroxyl groups is 1. The lowest BCUT2D eigenvalue weighted by Crippen LogP contribution is -2.18. The van der Waals surface area contributed by atoms with Gasteiger partial charge in [-0.2, -0.15) is 9.97 Å². The van der Waals surface area contributed by atoms with Gasteiger partial charge < -0.3 is 26.4 Å². The maximum absolute atomic E-state index is 9.41. The molecule has 2 aromatic heterocycles. The van der Waals surface area contributed by atoms with Gasteiger partial charge in [0.2, 0.25) is 11.9 Å². The van der Waals surface area contributed by atoms with E-state index in [2.05, 4.69) is 47.8 Å². The normalized spacial score (nSPS) is 11.4. The van der Waals surface area contributed by atoms with Crippen LogP contribution < -0.4 is 21.3 Å². The molecule has 2 aromatic rings. The van der Waals surface area contributed by atoms with E-state index in [1.54, 1.807) is 21.0 Å². The maximum atomic E-state index is 9.41. The van der Waals surface area contributed by atoms with Gasteiger partial charge in [0.15, 0.2) is 11.6 Å². The van der Waals surface area contributed by atoms with Crippen LogP contribution >= 0.6 is 12.4 Å². The van der Waals surface area contributed by atoms with Crippen molar-refractivity contribution >= 4 is 47.0 Å². The topological polar surface area (TPSA) is 120 Å². The maximum Gasteiger partial charge on any atom is 0.225 e. The van der Waals surface area contributed by atoms with Crippen molar-refractivity contribution < 1.29 is 5.11 Å². The first-order valence-electron chi connectivity index (χ1n) is 7.70. The van der Waals surface area contributed by atoms with E-state index < -0.39 is 6.10 Å². The van der Waals surface area contributed by atoms with Gasteiger partial charge in [-0.25, -0.2) is 9.97 Å². The molecule has 5 N–H and O–H groups in total. The van der Waals surface area contributed by atoms with Gasteiger partial charge in [-0.1, -0.05) is 12.2 Å². The highest BCUT2D eigenvalue weighted by Gasteiger charge is 2.15. The Balaban J connectivity index is 0.00000312. The average Bonchev–Trinajstić information content (AvgIpc) is 2.56. The van der Waals surface area contributed by atoms with Crippen LogP contribution in [0.5, 0.6) is 0 Å². The lowest BCUT2D eigenvalue weighted by atomic mass is 10.3. The van der Waals surface area contributed by atoms with Crippen LogP contribution in [-0.4, -0.2) is 58.3 Å². The number of rotatable bonds is 8. The summed E-state index contributed by atoms with van der Waals surface area (Å²) in [5, 5.41) is 21.6. The predicted octanol–water partition coefficient (Wildman–Crippen LogP) is 1.71. The minimum atomic E-state index is -0.504. The van der Waals surface area contributed by atoms with Crippen molar-refractivity contribution in [3.05, 3.63) is 12.2 Å². The molecule has 0 saturated heterocycles. The van der Waals surface area contributed by atoms with Crippen molar-refractivity contribution in [3.8, 4) is 0 Å². The molecule has 0 unspecified atom stereocenters. The van der Waals surface area contributed by atoms with Gasteiger partial charge in [0, 0.05) is 27.2 Å². The standard InChI is InChI=1S/C15H24N8O.ClH/c1-8(2)6-18-14-20-10-11(12(16-4)22-14)21-15(19-7-9(3)24)23-13(10)17-5;/h9,24H,1,6-7H2,2-5H3,(H2,16,18,20,22)(H2,17,19,21,23);1H/t9-;/m1./s1. The van der Waals surface area contributed by atoms with E-state index in [0.717, 1.165) is 5.57 Å². The SMILES string of the molecule is C=C(C)CNc1nc(NC)c2nc(NC[C@@H](C)O)nc(NC)c2n1.Cl. The van der Waals surface area contributed by atoms with Gasteiger partial charge in [0.05, 0.1) is 6.10 Å². The van der Waals surface area contributed by atoms with E-state index in [4.69, 9.17) is 0 Å². The summed E-state index contributed by atoms with van der Waals surface area (Å²) in [5.41, 5.74) is 2.17. The third kappa shape index (κ3) is 5.30. The summed E-state index contributed by atoms with van der Waals surface area (Å²) in [5.74, 6) is 2.03. The van der Waals surface area contributed by atoms with E-state index in [-0.39, 0.29) is 12.4 Å². The Morgan fingerprint density at radius 2 is 1.48 bits per heavy atom. The van der Waals surface area contributed by atoms with Crippen molar-refractivity contribution in [2.24, 2.45) is 0 Å². The molecule has 0 aromatic carbocycles. The Bertz CT molecular complexity index is 737. The molecule has 0 bridgehead atoms. The van der Waals surface area contributed by atoms with Gasteiger partial charge in [0.1, 0.15) is 11.0 Å². The summed E-state index contributed by atoms with van der Waals surface area (Å²) in [7, 11) is 3.54. The average molecular weight is 369 g/mol. The van der Waals surface area contributed by atoms with Crippen LogP contribution in [0.15, 0.2) is 12.2 Å². The molecule has 0 aliphatic rings. The number of hydrogen-bond acceptors (Lipinski definition) is 9. The fraction of sp³-hybridized carbons (Fsp3) is 0.467. The van der Waals surface area contributed by atoms with Gasteiger partial charge in [0.25, 0.3) is 0 Å². The second kappa shape index (κ2) is 9.19. The summed E-state index contributed by atoms with van der Waals surface area (Å²) in [6, 6.07) is 0. The van der Waals surface area contributed by atoms with E-state index in [1.165, 1.54) is 0 Å². The summed E-state index contributed by atoms with van der Waals surface area (Å²) < 4.78 is 0. The number of hydrogen-bond donors (Lipinski definition) is 5. The molecule has 25 heavy (non-hydrogen) atoms. The van der Waals surface area contributed by atoms with Crippen molar-refractivity contribution in [3.63, 3.8) is 0 Å². The van der Waals surface area contributed by atoms with Crippen molar-refractivity contribution in [2.45, 2.75) is 20.0 Å². The third-order valence-corrected chi connectivity index (χ3v) is 3.12. The highest BCUT2D eigenvalue weighted by atomic mass is 35.5. The Hall–Kier alpha value is -2.39. The molecule has 0 aliphatic carbocycles. The number of halogens is 1. The second-order valence-electron chi connectivity index (χ2n) is 5.53. The van der Waals surface area contributed by atoms with Crippen molar-refractivity contribution in [1.29, 1.82) is 0 Å². The van der Waals surface area contributed by atoms with E-state index in [9.17, 15) is 5.11 Å². The quantitative estimate of drug-likeness (QED) is 0.443. The highest BCUT2D eigenvalue weighted by molar-refractivity contribution is 5.94. The molecule has 138 valence electrons. The van der Waals surface area contributed by atoms with E-state index in [1.807, 2.05) is 6.92 Å². The molecule has 10 heteroatoms. The minimum absolute atomic E-state index is 0. The van der Waals surface area contributed by atoms with Crippen LogP contribution in [-0.2, 0) is 0 Å². The first-order valence-corrected chi connectivity index (χ1v) is 7.70. The summed E-state index contributed by atoms with van der Waals surface area (Å²) in [6.45, 7) is 8.40. The molecular formula is C15H25ClN8O. The summed E-state index contributed by atoms with van der Waals surface area (Å²) in [6.07, 6.45) is -0.504. The van der Waals surface area contributed by atoms with Crippen LogP contribution in [0.1, 0.15) is 13.8 Å². The highest BCUT2D eigenvalue weighted by Crippen LogP contribution is 2.26. The zero-order valence-electron chi connectivity index (χ0n) is 14.8. The lowest BCUT2D eigenvalue weighted by Gasteiger charge is -2.13. The number of anilines is 4. The number of fused-ring (bicyclic) bond motifs is 1. The zero-order valence-corrected chi connectivity index (χ0v) is 15.7. The largest absolute Gasteiger partial charge is 0.392 e. The second-order valence-corrected chi connectivity index (χ2v) is 5.53. The molecule has 2 heterocycles. The number of nitrogens with one attached hydrogen (secondary N) is 4. The minimum Gasteiger partial charge on any atom is -0.392 e. The predicted molar refractivity (Wildman–Crippen MR) is 105 cm³/mol. The fourth-order valence-electron chi connectivity index (χ4n) is 1.99. The van der Waals surface area contributed by atoms with E-state index in [0.29, 0.717) is 47.7 Å². The number of aliphatic hydroxyl groups excluding tert-OH is 1. The Kier molecular flexibility index (Phi) is 7.59. The van der Waals surface area contributed by atoms with Gasteiger partial charge in [-0.05, 0) is 13.8 Å². The van der Waals surface area contributed by atoms with Gasteiger partial charge in [-0.3, -0.25) is 0 Å². The first kappa shape index (κ1) is 20.7. The summed E-state index contributed by atoms with van der Waals surface area (Å²) in [4.78, 5) is 17.8. The van der Waals surface area contributed by atoms with Crippen LogP contribution in [0.4, 0.5) is 23.5 Å². The molecule has 1 atom stereocenters.